The van der Waals surface area contributed by atoms with Crippen molar-refractivity contribution in [1.29, 1.82) is 0 Å². The standard InChI is InChI=1S/C18H19ClN2O2/c1-3-20-18(13-7-5-6-8-15(13)19)14-11-12(23-4-2)9-10-16(14)21-17(18)22/h5-11,20H,3-4H2,1-2H3,(H,21,22). The van der Waals surface area contributed by atoms with Crippen LogP contribution >= 0.6 is 11.6 Å². The lowest BCUT2D eigenvalue weighted by atomic mass is 9.83. The normalized spacial score (nSPS) is 19.3. The van der Waals surface area contributed by atoms with E-state index in [1.54, 1.807) is 6.07 Å². The van der Waals surface area contributed by atoms with Crippen molar-refractivity contribution >= 4 is 23.2 Å². The summed E-state index contributed by atoms with van der Waals surface area (Å²) in [5.74, 6) is 0.605. The van der Waals surface area contributed by atoms with Crippen LogP contribution in [0.1, 0.15) is 25.0 Å². The molecule has 0 spiro atoms. The second-order valence-corrected chi connectivity index (χ2v) is 5.76. The molecule has 0 saturated heterocycles. The van der Waals surface area contributed by atoms with E-state index in [4.69, 9.17) is 16.3 Å². The maximum Gasteiger partial charge on any atom is 0.254 e. The fourth-order valence-corrected chi connectivity index (χ4v) is 3.38. The Balaban J connectivity index is 2.24. The van der Waals surface area contributed by atoms with Gasteiger partial charge < -0.3 is 10.1 Å². The number of amides is 1. The van der Waals surface area contributed by atoms with Gasteiger partial charge in [0.15, 0.2) is 5.54 Å². The monoisotopic (exact) mass is 330 g/mol. The van der Waals surface area contributed by atoms with Gasteiger partial charge in [-0.2, -0.15) is 0 Å². The number of likely N-dealkylation sites (N-methyl/N-ethyl adjacent to an activating group) is 1. The number of nitrogens with one attached hydrogen (secondary N) is 2. The van der Waals surface area contributed by atoms with E-state index in [1.165, 1.54) is 0 Å². The maximum absolute atomic E-state index is 12.9. The summed E-state index contributed by atoms with van der Waals surface area (Å²) >= 11 is 6.41. The first kappa shape index (κ1) is 15.8. The molecule has 3 rings (SSSR count). The number of benzene rings is 2. The topological polar surface area (TPSA) is 50.4 Å². The predicted molar refractivity (Wildman–Crippen MR) is 92.1 cm³/mol. The zero-order chi connectivity index (χ0) is 16.4. The van der Waals surface area contributed by atoms with Crippen LogP contribution in [0.25, 0.3) is 0 Å². The third kappa shape index (κ3) is 2.48. The molecule has 0 saturated carbocycles. The van der Waals surface area contributed by atoms with Crippen molar-refractivity contribution in [2.24, 2.45) is 0 Å². The summed E-state index contributed by atoms with van der Waals surface area (Å²) in [4.78, 5) is 12.9. The SMILES string of the molecule is CCNC1(c2ccccc2Cl)C(=O)Nc2ccc(OCC)cc21. The fraction of sp³-hybridized carbons (Fsp3) is 0.278. The van der Waals surface area contributed by atoms with Crippen molar-refractivity contribution in [3.8, 4) is 5.75 Å². The molecule has 1 atom stereocenters. The minimum absolute atomic E-state index is 0.129. The highest BCUT2D eigenvalue weighted by atomic mass is 35.5. The van der Waals surface area contributed by atoms with Gasteiger partial charge in [-0.3, -0.25) is 10.1 Å². The second-order valence-electron chi connectivity index (χ2n) is 5.35. The molecule has 0 bridgehead atoms. The van der Waals surface area contributed by atoms with E-state index in [-0.39, 0.29) is 5.91 Å². The molecule has 1 unspecified atom stereocenters. The van der Waals surface area contributed by atoms with Gasteiger partial charge in [0, 0.05) is 21.8 Å². The molecule has 0 aromatic heterocycles. The molecule has 4 nitrogen and oxygen atoms in total. The number of anilines is 1. The highest BCUT2D eigenvalue weighted by molar-refractivity contribution is 6.32. The Kier molecular flexibility index (Phi) is 4.28. The summed E-state index contributed by atoms with van der Waals surface area (Å²) in [6.07, 6.45) is 0. The molecule has 2 aromatic carbocycles. The van der Waals surface area contributed by atoms with Gasteiger partial charge in [0.05, 0.1) is 6.61 Å². The Labute approximate surface area is 140 Å². The quantitative estimate of drug-likeness (QED) is 0.881. The highest BCUT2D eigenvalue weighted by Gasteiger charge is 2.49. The number of ether oxygens (including phenoxy) is 1. The third-order valence-corrected chi connectivity index (χ3v) is 4.34. The molecular formula is C18H19ClN2O2. The number of hydrogen-bond acceptors (Lipinski definition) is 3. The van der Waals surface area contributed by atoms with Gasteiger partial charge >= 0.3 is 0 Å². The largest absolute Gasteiger partial charge is 0.494 e. The number of fused-ring (bicyclic) bond motifs is 1. The van der Waals surface area contributed by atoms with Crippen LogP contribution in [0.15, 0.2) is 42.5 Å². The number of hydrogen-bond donors (Lipinski definition) is 2. The zero-order valence-corrected chi connectivity index (χ0v) is 13.9. The van der Waals surface area contributed by atoms with Crippen molar-refractivity contribution in [3.05, 3.63) is 58.6 Å². The summed E-state index contributed by atoms with van der Waals surface area (Å²) in [5, 5.41) is 6.84. The molecule has 5 heteroatoms. The predicted octanol–water partition coefficient (Wildman–Crippen LogP) is 3.54. The molecule has 2 aromatic rings. The van der Waals surface area contributed by atoms with Crippen LogP contribution in [0.5, 0.6) is 5.75 Å². The second kappa shape index (κ2) is 6.22. The molecule has 0 aliphatic carbocycles. The van der Waals surface area contributed by atoms with Gasteiger partial charge in [-0.05, 0) is 37.7 Å². The number of carbonyl (C=O) groups excluding carboxylic acids is 1. The lowest BCUT2D eigenvalue weighted by Crippen LogP contribution is -2.49. The first-order valence-corrected chi connectivity index (χ1v) is 8.10. The van der Waals surface area contributed by atoms with Crippen LogP contribution in [-0.4, -0.2) is 19.1 Å². The number of halogens is 1. The van der Waals surface area contributed by atoms with E-state index in [1.807, 2.05) is 50.2 Å². The highest BCUT2D eigenvalue weighted by Crippen LogP contribution is 2.44. The zero-order valence-electron chi connectivity index (χ0n) is 13.2. The Morgan fingerprint density at radius 2 is 1.96 bits per heavy atom. The molecule has 1 amide bonds. The van der Waals surface area contributed by atoms with E-state index in [9.17, 15) is 4.79 Å². The van der Waals surface area contributed by atoms with Gasteiger partial charge in [0.2, 0.25) is 0 Å². The molecular weight excluding hydrogens is 312 g/mol. The summed E-state index contributed by atoms with van der Waals surface area (Å²) in [7, 11) is 0. The maximum atomic E-state index is 12.9. The Hall–Kier alpha value is -2.04. The van der Waals surface area contributed by atoms with Crippen molar-refractivity contribution in [2.45, 2.75) is 19.4 Å². The van der Waals surface area contributed by atoms with Gasteiger partial charge in [0.1, 0.15) is 5.75 Å². The average Bonchev–Trinajstić information content (AvgIpc) is 2.81. The first-order chi connectivity index (χ1) is 11.1. The van der Waals surface area contributed by atoms with E-state index >= 15 is 0 Å². The summed E-state index contributed by atoms with van der Waals surface area (Å²) < 4.78 is 5.60. The van der Waals surface area contributed by atoms with E-state index in [0.29, 0.717) is 18.2 Å². The first-order valence-electron chi connectivity index (χ1n) is 7.72. The Morgan fingerprint density at radius 1 is 1.17 bits per heavy atom. The number of rotatable bonds is 5. The molecule has 1 aliphatic heterocycles. The minimum Gasteiger partial charge on any atom is -0.494 e. The Morgan fingerprint density at radius 3 is 2.65 bits per heavy atom. The molecule has 1 aliphatic rings. The summed E-state index contributed by atoms with van der Waals surface area (Å²) in [6, 6.07) is 13.1. The lowest BCUT2D eigenvalue weighted by molar-refractivity contribution is -0.120. The van der Waals surface area contributed by atoms with Gasteiger partial charge in [-0.25, -0.2) is 0 Å². The van der Waals surface area contributed by atoms with Crippen LogP contribution in [0, 0.1) is 0 Å². The van der Waals surface area contributed by atoms with Crippen LogP contribution in [0.4, 0.5) is 5.69 Å². The van der Waals surface area contributed by atoms with Gasteiger partial charge in [0.25, 0.3) is 5.91 Å². The molecule has 0 radical (unpaired) electrons. The van der Waals surface area contributed by atoms with E-state index < -0.39 is 5.54 Å². The lowest BCUT2D eigenvalue weighted by Gasteiger charge is -2.30. The van der Waals surface area contributed by atoms with Crippen LogP contribution < -0.4 is 15.4 Å². The van der Waals surface area contributed by atoms with Crippen molar-refractivity contribution in [3.63, 3.8) is 0 Å². The fourth-order valence-electron chi connectivity index (χ4n) is 3.11. The van der Waals surface area contributed by atoms with Crippen LogP contribution in [0.2, 0.25) is 5.02 Å². The van der Waals surface area contributed by atoms with Gasteiger partial charge in [-0.1, -0.05) is 36.7 Å². The summed E-state index contributed by atoms with van der Waals surface area (Å²) in [5.41, 5.74) is 1.35. The minimum atomic E-state index is -1.00. The average molecular weight is 331 g/mol. The Bertz CT molecular complexity index is 748. The molecule has 0 fully saturated rings. The smallest absolute Gasteiger partial charge is 0.254 e. The molecule has 2 N–H and O–H groups in total. The van der Waals surface area contributed by atoms with Crippen molar-refractivity contribution < 1.29 is 9.53 Å². The van der Waals surface area contributed by atoms with Crippen molar-refractivity contribution in [2.75, 3.05) is 18.5 Å². The third-order valence-electron chi connectivity index (χ3n) is 4.01. The van der Waals surface area contributed by atoms with Crippen molar-refractivity contribution in [1.82, 2.24) is 5.32 Å². The van der Waals surface area contributed by atoms with E-state index in [0.717, 1.165) is 22.6 Å². The van der Waals surface area contributed by atoms with Crippen LogP contribution in [-0.2, 0) is 10.3 Å². The molecule has 120 valence electrons. The van der Waals surface area contributed by atoms with Gasteiger partial charge in [-0.15, -0.1) is 0 Å². The summed E-state index contributed by atoms with van der Waals surface area (Å²) in [6.45, 7) is 5.09. The van der Waals surface area contributed by atoms with E-state index in [2.05, 4.69) is 10.6 Å². The number of carbonyl (C=O) groups is 1. The van der Waals surface area contributed by atoms with Crippen LogP contribution in [0.3, 0.4) is 0 Å². The molecule has 23 heavy (non-hydrogen) atoms. The molecule has 1 heterocycles.